The molecule has 1 aliphatic rings. The number of amides is 1. The second kappa shape index (κ2) is 11.2. The molecule has 0 saturated heterocycles. The second-order valence-corrected chi connectivity index (χ2v) is 8.23. The van der Waals surface area contributed by atoms with Crippen LogP contribution in [0, 0.1) is 0 Å². The van der Waals surface area contributed by atoms with Gasteiger partial charge < -0.3 is 15.2 Å². The van der Waals surface area contributed by atoms with Gasteiger partial charge in [-0.1, -0.05) is 30.0 Å². The molecule has 8 heteroatoms. The van der Waals surface area contributed by atoms with Gasteiger partial charge in [0.1, 0.15) is 10.8 Å². The van der Waals surface area contributed by atoms with E-state index in [1.54, 1.807) is 11.7 Å². The Bertz CT molecular complexity index is 929. The summed E-state index contributed by atoms with van der Waals surface area (Å²) >= 11 is 1.33. The number of aliphatic hydroxyl groups excluding tert-OH is 1. The predicted octanol–water partition coefficient (Wildman–Crippen LogP) is 1.96. The summed E-state index contributed by atoms with van der Waals surface area (Å²) in [5, 5.41) is 12.7. The lowest BCUT2D eigenvalue weighted by Crippen LogP contribution is -2.31. The number of para-hydroxylation sites is 1. The molecule has 2 aromatic rings. The molecular formula is C22H29N3O4S. The first-order valence-electron chi connectivity index (χ1n) is 10.4. The third kappa shape index (κ3) is 5.64. The smallest absolute Gasteiger partial charge is 0.348 e. The molecule has 0 unspecified atom stereocenters. The molecule has 162 valence electrons. The van der Waals surface area contributed by atoms with E-state index < -0.39 is 0 Å². The zero-order valence-corrected chi connectivity index (χ0v) is 18.2. The van der Waals surface area contributed by atoms with Crippen molar-refractivity contribution in [2.75, 3.05) is 26.0 Å². The fourth-order valence-electron chi connectivity index (χ4n) is 3.76. The van der Waals surface area contributed by atoms with Crippen LogP contribution in [0.1, 0.15) is 36.1 Å². The number of benzene rings is 1. The largest absolute Gasteiger partial charge is 0.496 e. The van der Waals surface area contributed by atoms with Crippen LogP contribution in [-0.2, 0) is 30.6 Å². The first-order valence-corrected chi connectivity index (χ1v) is 11.4. The average Bonchev–Trinajstić information content (AvgIpc) is 2.77. The zero-order valence-electron chi connectivity index (χ0n) is 17.4. The van der Waals surface area contributed by atoms with Gasteiger partial charge in [0, 0.05) is 31.0 Å². The van der Waals surface area contributed by atoms with Crippen LogP contribution in [0.4, 0.5) is 0 Å². The van der Waals surface area contributed by atoms with Crippen molar-refractivity contribution in [1.29, 1.82) is 0 Å². The maximum atomic E-state index is 12.5. The topological polar surface area (TPSA) is 93.5 Å². The summed E-state index contributed by atoms with van der Waals surface area (Å²) in [6.07, 6.45) is 5.05. The molecular weight excluding hydrogens is 402 g/mol. The van der Waals surface area contributed by atoms with Crippen LogP contribution in [0.5, 0.6) is 5.75 Å². The Hall–Kier alpha value is -2.32. The second-order valence-electron chi connectivity index (χ2n) is 7.26. The van der Waals surface area contributed by atoms with Crippen LogP contribution >= 0.6 is 11.8 Å². The quantitative estimate of drug-likeness (QED) is 0.441. The van der Waals surface area contributed by atoms with Crippen LogP contribution in [0.15, 0.2) is 34.1 Å². The molecule has 2 N–H and O–H groups in total. The molecule has 0 radical (unpaired) electrons. The highest BCUT2D eigenvalue weighted by Gasteiger charge is 2.21. The van der Waals surface area contributed by atoms with Crippen molar-refractivity contribution in [3.63, 3.8) is 0 Å². The Balaban J connectivity index is 1.59. The molecule has 0 atom stereocenters. The van der Waals surface area contributed by atoms with E-state index >= 15 is 0 Å². The summed E-state index contributed by atoms with van der Waals surface area (Å²) in [7, 11) is 1.64. The normalized spacial score (nSPS) is 13.0. The van der Waals surface area contributed by atoms with Gasteiger partial charge in [0.2, 0.25) is 5.91 Å². The number of fused-ring (bicyclic) bond motifs is 1. The molecule has 0 aliphatic heterocycles. The molecule has 0 bridgehead atoms. The number of aliphatic hydroxyl groups is 1. The lowest BCUT2D eigenvalue weighted by Gasteiger charge is -2.22. The highest BCUT2D eigenvalue weighted by Crippen LogP contribution is 2.28. The van der Waals surface area contributed by atoms with Gasteiger partial charge in [-0.05, 0) is 50.2 Å². The van der Waals surface area contributed by atoms with E-state index in [0.717, 1.165) is 48.3 Å². The summed E-state index contributed by atoms with van der Waals surface area (Å²) < 4.78 is 7.03. The fraction of sp³-hybridized carbons (Fsp3) is 0.500. The lowest BCUT2D eigenvalue weighted by atomic mass is 9.97. The number of nitrogens with one attached hydrogen (secondary N) is 1. The molecule has 3 rings (SSSR count). The summed E-state index contributed by atoms with van der Waals surface area (Å²) in [5.41, 5.74) is 2.87. The summed E-state index contributed by atoms with van der Waals surface area (Å²) in [5.74, 6) is 0.968. The molecule has 1 aliphatic carbocycles. The van der Waals surface area contributed by atoms with Crippen LogP contribution in [-0.4, -0.2) is 46.6 Å². The SMILES string of the molecule is COc1ccccc1CCNC(=O)CSc1nc(=O)n(CCCO)c2c1CCCC2. The number of hydrogen-bond donors (Lipinski definition) is 2. The summed E-state index contributed by atoms with van der Waals surface area (Å²) in [4.78, 5) is 29.1. The third-order valence-electron chi connectivity index (χ3n) is 5.24. The van der Waals surface area contributed by atoms with E-state index in [1.807, 2.05) is 24.3 Å². The lowest BCUT2D eigenvalue weighted by molar-refractivity contribution is -0.118. The molecule has 1 aromatic carbocycles. The molecule has 7 nitrogen and oxygen atoms in total. The number of carbonyl (C=O) groups excluding carboxylic acids is 1. The minimum absolute atomic E-state index is 0.0484. The van der Waals surface area contributed by atoms with Crippen molar-refractivity contribution in [3.8, 4) is 5.75 Å². The predicted molar refractivity (Wildman–Crippen MR) is 117 cm³/mol. The Kier molecular flexibility index (Phi) is 8.33. The maximum absolute atomic E-state index is 12.5. The van der Waals surface area contributed by atoms with Gasteiger partial charge in [-0.3, -0.25) is 9.36 Å². The number of hydrogen-bond acceptors (Lipinski definition) is 6. The number of thioether (sulfide) groups is 1. The Morgan fingerprint density at radius 2 is 2.10 bits per heavy atom. The van der Waals surface area contributed by atoms with E-state index in [9.17, 15) is 9.59 Å². The number of carbonyl (C=O) groups is 1. The summed E-state index contributed by atoms with van der Waals surface area (Å²) in [6, 6.07) is 7.77. The Labute approximate surface area is 180 Å². The van der Waals surface area contributed by atoms with Crippen molar-refractivity contribution in [3.05, 3.63) is 51.6 Å². The van der Waals surface area contributed by atoms with Crippen LogP contribution < -0.4 is 15.7 Å². The van der Waals surface area contributed by atoms with Gasteiger partial charge >= 0.3 is 5.69 Å². The minimum atomic E-state index is -0.289. The first kappa shape index (κ1) is 22.4. The first-order chi connectivity index (χ1) is 14.6. The van der Waals surface area contributed by atoms with Crippen LogP contribution in [0.2, 0.25) is 0 Å². The van der Waals surface area contributed by atoms with E-state index in [2.05, 4.69) is 10.3 Å². The molecule has 0 fully saturated rings. The van der Waals surface area contributed by atoms with Crippen molar-refractivity contribution >= 4 is 17.7 Å². The molecule has 0 spiro atoms. The molecule has 30 heavy (non-hydrogen) atoms. The van der Waals surface area contributed by atoms with E-state index in [4.69, 9.17) is 9.84 Å². The molecule has 1 amide bonds. The van der Waals surface area contributed by atoms with Crippen molar-refractivity contribution in [1.82, 2.24) is 14.9 Å². The van der Waals surface area contributed by atoms with Crippen molar-refractivity contribution in [2.45, 2.75) is 50.1 Å². The zero-order chi connectivity index (χ0) is 21.3. The van der Waals surface area contributed by atoms with E-state index in [1.165, 1.54) is 11.8 Å². The number of nitrogens with zero attached hydrogens (tertiary/aromatic N) is 2. The van der Waals surface area contributed by atoms with Gasteiger partial charge in [0.15, 0.2) is 0 Å². The molecule has 1 aromatic heterocycles. The minimum Gasteiger partial charge on any atom is -0.496 e. The number of methoxy groups -OCH3 is 1. The van der Waals surface area contributed by atoms with Crippen molar-refractivity contribution < 1.29 is 14.6 Å². The van der Waals surface area contributed by atoms with Gasteiger partial charge in [-0.25, -0.2) is 4.79 Å². The highest BCUT2D eigenvalue weighted by atomic mass is 32.2. The monoisotopic (exact) mass is 431 g/mol. The van der Waals surface area contributed by atoms with Gasteiger partial charge in [-0.15, -0.1) is 0 Å². The molecule has 1 heterocycles. The Morgan fingerprint density at radius 3 is 2.90 bits per heavy atom. The third-order valence-corrected chi connectivity index (χ3v) is 6.26. The Morgan fingerprint density at radius 1 is 1.30 bits per heavy atom. The van der Waals surface area contributed by atoms with Gasteiger partial charge in [0.25, 0.3) is 0 Å². The number of rotatable bonds is 10. The molecule has 0 saturated carbocycles. The standard InChI is InChI=1S/C22H29N3O4S/c1-29-19-10-5-2-7-16(19)11-12-23-20(27)15-30-21-17-8-3-4-9-18(17)25(13-6-14-26)22(28)24-21/h2,5,7,10,26H,3-4,6,8-9,11-15H2,1H3,(H,23,27). The van der Waals surface area contributed by atoms with Gasteiger partial charge in [-0.2, -0.15) is 4.98 Å². The van der Waals surface area contributed by atoms with E-state index in [-0.39, 0.29) is 24.0 Å². The van der Waals surface area contributed by atoms with Gasteiger partial charge in [0.05, 0.1) is 12.9 Å². The van der Waals surface area contributed by atoms with Crippen LogP contribution in [0.3, 0.4) is 0 Å². The van der Waals surface area contributed by atoms with Crippen LogP contribution in [0.25, 0.3) is 0 Å². The number of aromatic nitrogens is 2. The number of ether oxygens (including phenoxy) is 1. The summed E-state index contributed by atoms with van der Waals surface area (Å²) in [6.45, 7) is 1.06. The average molecular weight is 432 g/mol. The van der Waals surface area contributed by atoms with Crippen molar-refractivity contribution in [2.24, 2.45) is 0 Å². The highest BCUT2D eigenvalue weighted by molar-refractivity contribution is 7.99. The maximum Gasteiger partial charge on any atom is 0.348 e. The van der Waals surface area contributed by atoms with E-state index in [0.29, 0.717) is 31.0 Å². The fourth-order valence-corrected chi connectivity index (χ4v) is 4.66.